The number of carbonyl (C=O) groups is 1. The quantitative estimate of drug-likeness (QED) is 0.641. The zero-order valence-corrected chi connectivity index (χ0v) is 18.9. The number of thioether (sulfide) groups is 1. The maximum Gasteiger partial charge on any atom is 0.227 e. The van der Waals surface area contributed by atoms with Crippen LogP contribution in [0.1, 0.15) is 56.0 Å². The van der Waals surface area contributed by atoms with Gasteiger partial charge in [-0.25, -0.2) is 4.98 Å². The first-order chi connectivity index (χ1) is 14.4. The lowest BCUT2D eigenvalue weighted by atomic mass is 9.71. The predicted octanol–water partition coefficient (Wildman–Crippen LogP) is 5.18. The fourth-order valence-corrected chi connectivity index (χ4v) is 5.45. The second-order valence-corrected chi connectivity index (χ2v) is 10.5. The third-order valence-electron chi connectivity index (χ3n) is 6.44. The molecule has 0 saturated carbocycles. The smallest absolute Gasteiger partial charge is 0.227 e. The van der Waals surface area contributed by atoms with Crippen LogP contribution in [0.3, 0.4) is 0 Å². The van der Waals surface area contributed by atoms with Gasteiger partial charge in [0.2, 0.25) is 5.91 Å². The van der Waals surface area contributed by atoms with Crippen LogP contribution in [0.2, 0.25) is 0 Å². The Labute approximate surface area is 183 Å². The topological polar surface area (TPSA) is 57.0 Å². The third-order valence-corrected chi connectivity index (χ3v) is 7.43. The SMILES string of the molecule is CC(C)(C)C1CCc2nc(SCCC(=O)N3CCc4ccccc43)c(C#N)cc2C1. The first-order valence-electron chi connectivity index (χ1n) is 10.8. The number of anilines is 1. The van der Waals surface area contributed by atoms with E-state index in [2.05, 4.69) is 32.9 Å². The predicted molar refractivity (Wildman–Crippen MR) is 122 cm³/mol. The Bertz CT molecular complexity index is 1000. The number of aryl methyl sites for hydroxylation is 1. The largest absolute Gasteiger partial charge is 0.312 e. The first-order valence-corrected chi connectivity index (χ1v) is 11.8. The Morgan fingerprint density at radius 3 is 2.83 bits per heavy atom. The summed E-state index contributed by atoms with van der Waals surface area (Å²) in [4.78, 5) is 19.5. The van der Waals surface area contributed by atoms with Crippen molar-refractivity contribution in [2.24, 2.45) is 11.3 Å². The number of nitriles is 1. The number of fused-ring (bicyclic) bond motifs is 2. The molecule has 5 heteroatoms. The van der Waals surface area contributed by atoms with Gasteiger partial charge in [-0.1, -0.05) is 39.0 Å². The van der Waals surface area contributed by atoms with Gasteiger partial charge in [0, 0.05) is 30.1 Å². The molecule has 4 nitrogen and oxygen atoms in total. The number of nitrogens with zero attached hydrogens (tertiary/aromatic N) is 3. The van der Waals surface area contributed by atoms with E-state index in [1.165, 1.54) is 22.9 Å². The summed E-state index contributed by atoms with van der Waals surface area (Å²) in [5.41, 5.74) is 5.57. The minimum Gasteiger partial charge on any atom is -0.312 e. The number of hydrogen-bond acceptors (Lipinski definition) is 4. The molecule has 2 heterocycles. The van der Waals surface area contributed by atoms with Gasteiger partial charge in [-0.2, -0.15) is 5.26 Å². The molecule has 30 heavy (non-hydrogen) atoms. The van der Waals surface area contributed by atoms with Gasteiger partial charge in [0.15, 0.2) is 0 Å². The van der Waals surface area contributed by atoms with E-state index in [9.17, 15) is 10.1 Å². The van der Waals surface area contributed by atoms with Crippen molar-refractivity contribution in [3.05, 3.63) is 52.7 Å². The monoisotopic (exact) mass is 419 g/mol. The summed E-state index contributed by atoms with van der Waals surface area (Å²) < 4.78 is 0. The van der Waals surface area contributed by atoms with Crippen LogP contribution >= 0.6 is 11.8 Å². The minimum absolute atomic E-state index is 0.150. The van der Waals surface area contributed by atoms with E-state index in [0.29, 0.717) is 23.7 Å². The standard InChI is InChI=1S/C25H29N3OS/c1-25(2,3)20-8-9-21-18(15-20)14-19(16-26)24(27-21)30-13-11-23(29)28-12-10-17-6-4-5-7-22(17)28/h4-7,14,20H,8-13,15H2,1-3H3. The molecule has 0 spiro atoms. The maximum absolute atomic E-state index is 12.7. The lowest BCUT2D eigenvalue weighted by molar-refractivity contribution is -0.118. The molecule has 0 saturated heterocycles. The van der Waals surface area contributed by atoms with Crippen molar-refractivity contribution in [3.8, 4) is 6.07 Å². The molecular weight excluding hydrogens is 390 g/mol. The van der Waals surface area contributed by atoms with Crippen molar-refractivity contribution >= 4 is 23.4 Å². The van der Waals surface area contributed by atoms with Gasteiger partial charge in [-0.05, 0) is 60.3 Å². The molecule has 0 bridgehead atoms. The second kappa shape index (κ2) is 8.43. The van der Waals surface area contributed by atoms with Crippen molar-refractivity contribution in [1.29, 1.82) is 5.26 Å². The van der Waals surface area contributed by atoms with E-state index in [4.69, 9.17) is 4.98 Å². The van der Waals surface area contributed by atoms with E-state index < -0.39 is 0 Å². The molecule has 1 aliphatic heterocycles. The molecule has 1 aromatic carbocycles. The van der Waals surface area contributed by atoms with Crippen LogP contribution in [0.4, 0.5) is 5.69 Å². The molecule has 156 valence electrons. The van der Waals surface area contributed by atoms with Crippen molar-refractivity contribution in [2.45, 2.75) is 57.9 Å². The Morgan fingerprint density at radius 1 is 1.27 bits per heavy atom. The van der Waals surface area contributed by atoms with Gasteiger partial charge in [0.05, 0.1) is 5.56 Å². The number of carbonyl (C=O) groups excluding carboxylic acids is 1. The number of aromatic nitrogens is 1. The number of amides is 1. The highest BCUT2D eigenvalue weighted by Gasteiger charge is 2.30. The Hall–Kier alpha value is -2.32. The summed E-state index contributed by atoms with van der Waals surface area (Å²) >= 11 is 1.54. The average Bonchev–Trinajstić information content (AvgIpc) is 3.16. The molecule has 2 aliphatic rings. The van der Waals surface area contributed by atoms with Crippen molar-refractivity contribution in [1.82, 2.24) is 4.98 Å². The van der Waals surface area contributed by atoms with Crippen molar-refractivity contribution < 1.29 is 4.79 Å². The lowest BCUT2D eigenvalue weighted by Gasteiger charge is -2.34. The molecule has 0 N–H and O–H groups in total. The van der Waals surface area contributed by atoms with Crippen LogP contribution in [-0.2, 0) is 24.1 Å². The third kappa shape index (κ3) is 4.25. The number of hydrogen-bond donors (Lipinski definition) is 0. The molecule has 0 radical (unpaired) electrons. The van der Waals surface area contributed by atoms with Gasteiger partial charge in [0.1, 0.15) is 11.1 Å². The summed E-state index contributed by atoms with van der Waals surface area (Å²) in [6, 6.07) is 12.5. The summed E-state index contributed by atoms with van der Waals surface area (Å²) in [5, 5.41) is 10.4. The summed E-state index contributed by atoms with van der Waals surface area (Å²) in [7, 11) is 0. The summed E-state index contributed by atoms with van der Waals surface area (Å²) in [6.45, 7) is 7.64. The molecule has 4 rings (SSSR count). The number of pyridine rings is 1. The first kappa shape index (κ1) is 20.9. The van der Waals surface area contributed by atoms with Gasteiger partial charge in [-0.3, -0.25) is 4.79 Å². The average molecular weight is 420 g/mol. The van der Waals surface area contributed by atoms with Gasteiger partial charge < -0.3 is 4.90 Å². The van der Waals surface area contributed by atoms with E-state index in [1.54, 1.807) is 0 Å². The minimum atomic E-state index is 0.150. The molecule has 0 fully saturated rings. The van der Waals surface area contributed by atoms with Crippen molar-refractivity contribution in [3.63, 3.8) is 0 Å². The fraction of sp³-hybridized carbons (Fsp3) is 0.480. The van der Waals surface area contributed by atoms with Gasteiger partial charge >= 0.3 is 0 Å². The number of benzene rings is 1. The molecule has 1 atom stereocenters. The second-order valence-electron chi connectivity index (χ2n) is 9.39. The van der Waals surface area contributed by atoms with E-state index in [1.807, 2.05) is 29.2 Å². The van der Waals surface area contributed by atoms with Crippen LogP contribution in [0.5, 0.6) is 0 Å². The van der Waals surface area contributed by atoms with Crippen LogP contribution < -0.4 is 4.90 Å². The van der Waals surface area contributed by atoms with Crippen LogP contribution in [0.25, 0.3) is 0 Å². The number of rotatable bonds is 4. The highest BCUT2D eigenvalue weighted by Crippen LogP contribution is 2.38. The maximum atomic E-state index is 12.7. The van der Waals surface area contributed by atoms with Gasteiger partial charge in [-0.15, -0.1) is 11.8 Å². The Morgan fingerprint density at radius 2 is 2.07 bits per heavy atom. The van der Waals surface area contributed by atoms with E-state index in [0.717, 1.165) is 48.6 Å². The van der Waals surface area contributed by atoms with Crippen molar-refractivity contribution in [2.75, 3.05) is 17.2 Å². The molecule has 1 amide bonds. The van der Waals surface area contributed by atoms with Crippen LogP contribution in [-0.4, -0.2) is 23.2 Å². The van der Waals surface area contributed by atoms with E-state index >= 15 is 0 Å². The molecule has 1 aromatic heterocycles. The Kier molecular flexibility index (Phi) is 5.88. The molecule has 2 aromatic rings. The van der Waals surface area contributed by atoms with Gasteiger partial charge in [0.25, 0.3) is 0 Å². The molecular formula is C25H29N3OS. The molecule has 1 aliphatic carbocycles. The highest BCUT2D eigenvalue weighted by atomic mass is 32.2. The summed E-state index contributed by atoms with van der Waals surface area (Å²) in [6.07, 6.45) is 4.50. The zero-order valence-electron chi connectivity index (χ0n) is 18.1. The lowest BCUT2D eigenvalue weighted by Crippen LogP contribution is -2.29. The molecule has 1 unspecified atom stereocenters. The van der Waals surface area contributed by atoms with Crippen LogP contribution in [0, 0.1) is 22.7 Å². The van der Waals surface area contributed by atoms with E-state index in [-0.39, 0.29) is 11.3 Å². The van der Waals surface area contributed by atoms with Crippen LogP contribution in [0.15, 0.2) is 35.4 Å². The zero-order chi connectivity index (χ0) is 21.3. The Balaban J connectivity index is 1.41. The number of para-hydroxylation sites is 1. The highest BCUT2D eigenvalue weighted by molar-refractivity contribution is 7.99. The normalized spacial score (nSPS) is 17.9. The fourth-order valence-electron chi connectivity index (χ4n) is 4.54. The summed E-state index contributed by atoms with van der Waals surface area (Å²) in [5.74, 6) is 1.41.